The molecular weight excluding hydrogens is 434 g/mol. The monoisotopic (exact) mass is 465 g/mol. The number of carbonyl (C=O) groups is 2. The van der Waals surface area contributed by atoms with E-state index in [-0.39, 0.29) is 18.2 Å². The lowest BCUT2D eigenvalue weighted by Crippen LogP contribution is -2.47. The molecule has 0 radical (unpaired) electrons. The van der Waals surface area contributed by atoms with Gasteiger partial charge in [-0.2, -0.15) is 0 Å². The molecular formula is C26H31N3O3S. The van der Waals surface area contributed by atoms with E-state index in [0.717, 1.165) is 35.4 Å². The van der Waals surface area contributed by atoms with E-state index in [1.807, 2.05) is 26.0 Å². The molecule has 0 aromatic heterocycles. The topological polar surface area (TPSA) is 61.9 Å². The predicted molar refractivity (Wildman–Crippen MR) is 137 cm³/mol. The molecule has 2 amide bonds. The number of hydrogen-bond acceptors (Lipinski definition) is 4. The fraction of sp³-hybridized carbons (Fsp3) is 0.346. The van der Waals surface area contributed by atoms with Crippen LogP contribution in [0.1, 0.15) is 37.3 Å². The maximum Gasteiger partial charge on any atom is 0.257 e. The number of rotatable bonds is 9. The summed E-state index contributed by atoms with van der Waals surface area (Å²) in [6.45, 7) is 10.9. The molecule has 1 aliphatic heterocycles. The molecule has 2 aromatic carbocycles. The van der Waals surface area contributed by atoms with Gasteiger partial charge in [-0.1, -0.05) is 37.1 Å². The standard InChI is InChI=1S/C26H31N3O3S/c1-5-7-15-32-21-11-9-20(10-12-21)29-24(30)17-23(25(29)31)28(14-6-2)26(33)27-22-13-8-18(3)16-19(22)4/h6,8-13,16,23H,2,5,7,14-15,17H2,1,3-4H3,(H,27,33)/t23-/m0/s1. The summed E-state index contributed by atoms with van der Waals surface area (Å²) in [6.07, 6.45) is 3.76. The minimum absolute atomic E-state index is 0.0517. The van der Waals surface area contributed by atoms with Crippen LogP contribution in [-0.2, 0) is 9.59 Å². The zero-order valence-electron chi connectivity index (χ0n) is 19.5. The Hall–Kier alpha value is -3.19. The summed E-state index contributed by atoms with van der Waals surface area (Å²) in [5, 5.41) is 3.62. The highest BCUT2D eigenvalue weighted by Gasteiger charge is 2.43. The second-order valence-electron chi connectivity index (χ2n) is 8.17. The number of amides is 2. The fourth-order valence-electron chi connectivity index (χ4n) is 3.79. The van der Waals surface area contributed by atoms with Gasteiger partial charge in [0.2, 0.25) is 5.91 Å². The van der Waals surface area contributed by atoms with Crippen LogP contribution in [-0.4, -0.2) is 41.0 Å². The lowest BCUT2D eigenvalue weighted by Gasteiger charge is -2.29. The number of unbranched alkanes of at least 4 members (excludes halogenated alkanes) is 1. The number of ether oxygens (including phenoxy) is 1. The van der Waals surface area contributed by atoms with E-state index in [2.05, 4.69) is 24.9 Å². The summed E-state index contributed by atoms with van der Waals surface area (Å²) in [5.74, 6) is 0.161. The Labute approximate surface area is 201 Å². The summed E-state index contributed by atoms with van der Waals surface area (Å²) in [4.78, 5) is 29.1. The molecule has 0 unspecified atom stereocenters. The molecule has 33 heavy (non-hydrogen) atoms. The molecule has 0 saturated carbocycles. The molecule has 3 rings (SSSR count). The van der Waals surface area contributed by atoms with E-state index < -0.39 is 6.04 Å². The van der Waals surface area contributed by atoms with Gasteiger partial charge in [-0.3, -0.25) is 9.59 Å². The van der Waals surface area contributed by atoms with Crippen molar-refractivity contribution in [1.82, 2.24) is 4.90 Å². The maximum atomic E-state index is 13.3. The first-order valence-electron chi connectivity index (χ1n) is 11.2. The van der Waals surface area contributed by atoms with E-state index in [0.29, 0.717) is 24.0 Å². The number of imide groups is 1. The van der Waals surface area contributed by atoms with Crippen LogP contribution < -0.4 is 15.0 Å². The van der Waals surface area contributed by atoms with Gasteiger partial charge < -0.3 is 15.0 Å². The molecule has 1 fully saturated rings. The number of hydrogen-bond donors (Lipinski definition) is 1. The lowest BCUT2D eigenvalue weighted by atomic mass is 10.1. The van der Waals surface area contributed by atoms with Gasteiger partial charge in [-0.25, -0.2) is 4.90 Å². The molecule has 0 aliphatic carbocycles. The summed E-state index contributed by atoms with van der Waals surface area (Å²) >= 11 is 5.63. The van der Waals surface area contributed by atoms with E-state index in [9.17, 15) is 9.59 Å². The second kappa shape index (κ2) is 11.1. The number of anilines is 2. The number of nitrogens with one attached hydrogen (secondary N) is 1. The highest BCUT2D eigenvalue weighted by molar-refractivity contribution is 7.80. The summed E-state index contributed by atoms with van der Waals surface area (Å²) in [5.41, 5.74) is 3.60. The minimum atomic E-state index is -0.693. The van der Waals surface area contributed by atoms with Crippen LogP contribution in [0.25, 0.3) is 0 Å². The SMILES string of the molecule is C=CCN(C(=S)Nc1ccc(C)cc1C)[C@H]1CC(=O)N(c2ccc(OCCCC)cc2)C1=O. The zero-order valence-corrected chi connectivity index (χ0v) is 20.3. The summed E-state index contributed by atoms with van der Waals surface area (Å²) < 4.78 is 5.68. The predicted octanol–water partition coefficient (Wildman–Crippen LogP) is 5.00. The Morgan fingerprint density at radius 3 is 2.61 bits per heavy atom. The van der Waals surface area contributed by atoms with Gasteiger partial charge >= 0.3 is 0 Å². The van der Waals surface area contributed by atoms with Crippen molar-refractivity contribution >= 4 is 40.5 Å². The molecule has 0 spiro atoms. The third kappa shape index (κ3) is 5.79. The summed E-state index contributed by atoms with van der Waals surface area (Å²) in [7, 11) is 0. The molecule has 1 N–H and O–H groups in total. The fourth-order valence-corrected chi connectivity index (χ4v) is 4.10. The van der Waals surface area contributed by atoms with E-state index in [4.69, 9.17) is 17.0 Å². The molecule has 1 atom stereocenters. The van der Waals surface area contributed by atoms with Crippen LogP contribution in [0.5, 0.6) is 5.75 Å². The third-order valence-electron chi connectivity index (χ3n) is 5.57. The van der Waals surface area contributed by atoms with Crippen LogP contribution in [0.4, 0.5) is 11.4 Å². The highest BCUT2D eigenvalue weighted by Crippen LogP contribution is 2.28. The first-order chi connectivity index (χ1) is 15.8. The Morgan fingerprint density at radius 2 is 1.97 bits per heavy atom. The van der Waals surface area contributed by atoms with Crippen molar-refractivity contribution in [3.05, 3.63) is 66.2 Å². The maximum absolute atomic E-state index is 13.3. The van der Waals surface area contributed by atoms with Gasteiger partial charge in [0.05, 0.1) is 18.7 Å². The smallest absolute Gasteiger partial charge is 0.257 e. The van der Waals surface area contributed by atoms with Crippen LogP contribution >= 0.6 is 12.2 Å². The average Bonchev–Trinajstić information content (AvgIpc) is 3.08. The van der Waals surface area contributed by atoms with Crippen LogP contribution in [0.15, 0.2) is 55.1 Å². The van der Waals surface area contributed by atoms with Crippen LogP contribution in [0, 0.1) is 13.8 Å². The van der Waals surface area contributed by atoms with Crippen molar-refractivity contribution in [2.24, 2.45) is 0 Å². The molecule has 0 bridgehead atoms. The van der Waals surface area contributed by atoms with Gasteiger partial charge in [0, 0.05) is 12.2 Å². The van der Waals surface area contributed by atoms with Crippen molar-refractivity contribution in [2.45, 2.75) is 46.1 Å². The van der Waals surface area contributed by atoms with Crippen molar-refractivity contribution in [1.29, 1.82) is 0 Å². The second-order valence-corrected chi connectivity index (χ2v) is 8.56. The summed E-state index contributed by atoms with van der Waals surface area (Å²) in [6, 6.07) is 12.4. The average molecular weight is 466 g/mol. The van der Waals surface area contributed by atoms with Crippen LogP contribution in [0.3, 0.4) is 0 Å². The molecule has 174 valence electrons. The quantitative estimate of drug-likeness (QED) is 0.243. The normalized spacial score (nSPS) is 15.5. The largest absolute Gasteiger partial charge is 0.494 e. The molecule has 1 heterocycles. The van der Waals surface area contributed by atoms with Gasteiger partial charge in [-0.15, -0.1) is 6.58 Å². The van der Waals surface area contributed by atoms with E-state index >= 15 is 0 Å². The number of aryl methyl sites for hydroxylation is 2. The Morgan fingerprint density at radius 1 is 1.24 bits per heavy atom. The number of thiocarbonyl (C=S) groups is 1. The van der Waals surface area contributed by atoms with Gasteiger partial charge in [0.1, 0.15) is 11.8 Å². The molecule has 7 heteroatoms. The first kappa shape index (κ1) is 24.5. The van der Waals surface area contributed by atoms with E-state index in [1.54, 1.807) is 35.2 Å². The van der Waals surface area contributed by atoms with E-state index in [1.165, 1.54) is 4.90 Å². The van der Waals surface area contributed by atoms with Crippen LogP contribution in [0.2, 0.25) is 0 Å². The zero-order chi connectivity index (χ0) is 24.0. The third-order valence-corrected chi connectivity index (χ3v) is 5.91. The van der Waals surface area contributed by atoms with Crippen molar-refractivity contribution < 1.29 is 14.3 Å². The van der Waals surface area contributed by atoms with Crippen molar-refractivity contribution in [3.63, 3.8) is 0 Å². The number of benzene rings is 2. The van der Waals surface area contributed by atoms with Crippen molar-refractivity contribution in [3.8, 4) is 5.75 Å². The number of nitrogens with zero attached hydrogens (tertiary/aromatic N) is 2. The molecule has 6 nitrogen and oxygen atoms in total. The van der Waals surface area contributed by atoms with Gasteiger partial charge in [0.15, 0.2) is 5.11 Å². The Kier molecular flexibility index (Phi) is 8.22. The Balaban J connectivity index is 1.75. The molecule has 1 saturated heterocycles. The lowest BCUT2D eigenvalue weighted by molar-refractivity contribution is -0.122. The Bertz CT molecular complexity index is 1040. The first-order valence-corrected chi connectivity index (χ1v) is 11.6. The number of carbonyl (C=O) groups excluding carboxylic acids is 2. The van der Waals surface area contributed by atoms with Gasteiger partial charge in [0.25, 0.3) is 5.91 Å². The van der Waals surface area contributed by atoms with Gasteiger partial charge in [-0.05, 0) is 68.4 Å². The highest BCUT2D eigenvalue weighted by atomic mass is 32.1. The molecule has 2 aromatic rings. The minimum Gasteiger partial charge on any atom is -0.494 e. The van der Waals surface area contributed by atoms with Crippen molar-refractivity contribution in [2.75, 3.05) is 23.4 Å². The molecule has 1 aliphatic rings.